The van der Waals surface area contributed by atoms with Gasteiger partial charge in [-0.2, -0.15) is 0 Å². The molecule has 2 nitrogen and oxygen atoms in total. The minimum absolute atomic E-state index is 0.322. The fraction of sp³-hybridized carbons (Fsp3) is 0.200. The summed E-state index contributed by atoms with van der Waals surface area (Å²) in [5.41, 5.74) is 0.684. The molecule has 0 saturated heterocycles. The van der Waals surface area contributed by atoms with E-state index in [2.05, 4.69) is 6.58 Å². The molecule has 0 rings (SSSR count). The molecule has 1 unspecified atom stereocenters. The maximum atomic E-state index is 10.2. The first kappa shape index (κ1) is 9.32. The molecule has 0 amide bonds. The quantitative estimate of drug-likeness (QED) is 0.429. The van der Waals surface area contributed by atoms with Crippen LogP contribution in [0.5, 0.6) is 0 Å². The van der Waals surface area contributed by atoms with Gasteiger partial charge in [-0.15, -0.1) is 0 Å². The van der Waals surface area contributed by atoms with Gasteiger partial charge in [0.1, 0.15) is 0 Å². The zero-order chi connectivity index (χ0) is 7.44. The number of allylic oxidation sites excluding steroid dienone is 2. The Hall–Kier alpha value is 0.320. The molecule has 9 heavy (non-hydrogen) atoms. The summed E-state index contributed by atoms with van der Waals surface area (Å²) in [6.45, 7) is 5.13. The van der Waals surface area contributed by atoms with E-state index in [1.807, 2.05) is 0 Å². The molecule has 1 atom stereocenters. The van der Waals surface area contributed by atoms with E-state index in [0.717, 1.165) is 0 Å². The smallest absolute Gasteiger partial charge is 0.0661 e. The Labute approximate surface area is 70.5 Å². The summed E-state index contributed by atoms with van der Waals surface area (Å²) in [7, 11) is 0. The van der Waals surface area contributed by atoms with Crippen molar-refractivity contribution in [3.05, 3.63) is 21.1 Å². The van der Waals surface area contributed by atoms with E-state index in [-0.39, 0.29) is 0 Å². The van der Waals surface area contributed by atoms with E-state index >= 15 is 0 Å². The summed E-state index contributed by atoms with van der Waals surface area (Å²) in [5, 5.41) is 0. The maximum absolute atomic E-state index is 10.2. The van der Waals surface area contributed by atoms with Gasteiger partial charge in [-0.1, -0.05) is 12.7 Å². The van der Waals surface area contributed by atoms with Gasteiger partial charge >= 0.3 is 0 Å². The first-order valence-corrected chi connectivity index (χ1v) is 4.33. The fourth-order valence-electron chi connectivity index (χ4n) is 0.212. The molecule has 0 N–H and O–H groups in total. The minimum atomic E-state index is -2.10. The summed E-state index contributed by atoms with van der Waals surface area (Å²) in [6, 6.07) is 0. The molecular weight excluding hydrogens is 251 g/mol. The lowest BCUT2D eigenvalue weighted by atomic mass is 10.4. The monoisotopic (exact) mass is 257 g/mol. The van der Waals surface area contributed by atoms with Crippen LogP contribution >= 0.6 is 22.6 Å². The van der Waals surface area contributed by atoms with Gasteiger partial charge in [0.25, 0.3) is 0 Å². The van der Waals surface area contributed by atoms with Crippen LogP contribution in [0.15, 0.2) is 21.1 Å². The van der Waals surface area contributed by atoms with Crippen LogP contribution in [0.25, 0.3) is 0 Å². The van der Waals surface area contributed by atoms with Crippen LogP contribution in [0.2, 0.25) is 0 Å². The van der Waals surface area contributed by atoms with E-state index in [1.165, 1.54) is 6.08 Å². The van der Waals surface area contributed by atoms with Gasteiger partial charge in [0.2, 0.25) is 0 Å². The van der Waals surface area contributed by atoms with Crippen LogP contribution in [0.1, 0.15) is 6.92 Å². The molecule has 0 heterocycles. The molecular formula is C5H6IO2S-. The maximum Gasteiger partial charge on any atom is 0.0661 e. The predicted octanol–water partition coefficient (Wildman–Crippen LogP) is 1.72. The summed E-state index contributed by atoms with van der Waals surface area (Å²) < 4.78 is 20.7. The molecule has 0 aliphatic carbocycles. The molecule has 0 saturated carbocycles. The first-order chi connectivity index (χ1) is 4.09. The SMILES string of the molecule is C=C/C(C)=C(/I)S(=O)[O-]. The van der Waals surface area contributed by atoms with Crippen molar-refractivity contribution in [2.45, 2.75) is 6.92 Å². The van der Waals surface area contributed by atoms with Gasteiger partial charge in [0.15, 0.2) is 0 Å². The first-order valence-electron chi connectivity index (χ1n) is 2.17. The third-order valence-electron chi connectivity index (χ3n) is 0.763. The second-order valence-electron chi connectivity index (χ2n) is 1.40. The summed E-state index contributed by atoms with van der Waals surface area (Å²) >= 11 is -0.342. The van der Waals surface area contributed by atoms with Crippen molar-refractivity contribution in [1.82, 2.24) is 0 Å². The van der Waals surface area contributed by atoms with Crippen LogP contribution in [-0.4, -0.2) is 8.76 Å². The zero-order valence-electron chi connectivity index (χ0n) is 4.89. The Morgan fingerprint density at radius 3 is 2.44 bits per heavy atom. The zero-order valence-corrected chi connectivity index (χ0v) is 7.86. The normalized spacial score (nSPS) is 16.3. The van der Waals surface area contributed by atoms with Crippen molar-refractivity contribution in [1.29, 1.82) is 0 Å². The van der Waals surface area contributed by atoms with E-state index in [4.69, 9.17) is 0 Å². The third-order valence-corrected chi connectivity index (χ3v) is 3.31. The molecule has 0 fully saturated rings. The molecule has 4 heteroatoms. The second-order valence-corrected chi connectivity index (χ2v) is 4.08. The van der Waals surface area contributed by atoms with Crippen molar-refractivity contribution in [2.24, 2.45) is 0 Å². The lowest BCUT2D eigenvalue weighted by Gasteiger charge is -2.03. The van der Waals surface area contributed by atoms with Crippen molar-refractivity contribution in [3.8, 4) is 0 Å². The third kappa shape index (κ3) is 3.12. The lowest BCUT2D eigenvalue weighted by molar-refractivity contribution is 0.546. The highest BCUT2D eigenvalue weighted by Gasteiger charge is 1.92. The highest BCUT2D eigenvalue weighted by Crippen LogP contribution is 2.15. The molecule has 0 aromatic rings. The number of hydrogen-bond donors (Lipinski definition) is 0. The van der Waals surface area contributed by atoms with Crippen molar-refractivity contribution in [2.75, 3.05) is 0 Å². The van der Waals surface area contributed by atoms with Crippen molar-refractivity contribution < 1.29 is 8.76 Å². The fourth-order valence-corrected chi connectivity index (χ4v) is 0.778. The predicted molar refractivity (Wildman–Crippen MR) is 45.8 cm³/mol. The Balaban J connectivity index is 4.47. The molecule has 52 valence electrons. The van der Waals surface area contributed by atoms with Gasteiger partial charge in [-0.25, -0.2) is 0 Å². The molecule has 0 spiro atoms. The molecule has 0 aliphatic rings. The van der Waals surface area contributed by atoms with Gasteiger partial charge in [0.05, 0.1) is 2.91 Å². The van der Waals surface area contributed by atoms with Gasteiger partial charge in [0, 0.05) is 0 Å². The van der Waals surface area contributed by atoms with Crippen LogP contribution in [-0.2, 0) is 11.1 Å². The molecule has 0 bridgehead atoms. The van der Waals surface area contributed by atoms with E-state index in [0.29, 0.717) is 8.48 Å². The molecule has 0 radical (unpaired) electrons. The second kappa shape index (κ2) is 4.19. The topological polar surface area (TPSA) is 40.1 Å². The van der Waals surface area contributed by atoms with Gasteiger partial charge in [-0.3, -0.25) is 4.21 Å². The van der Waals surface area contributed by atoms with E-state index < -0.39 is 11.1 Å². The standard InChI is InChI=1S/C5H7IO2S/c1-3-4(2)5(6)9(7)8/h3H,1H2,2H3,(H,7,8)/p-1/b5-4-. The number of halogens is 1. The number of hydrogen-bond acceptors (Lipinski definition) is 2. The summed E-state index contributed by atoms with van der Waals surface area (Å²) in [4.78, 5) is 0. The molecule has 0 aromatic heterocycles. The number of rotatable bonds is 2. The van der Waals surface area contributed by atoms with Crippen LogP contribution in [0, 0.1) is 0 Å². The lowest BCUT2D eigenvalue weighted by Crippen LogP contribution is -1.86. The van der Waals surface area contributed by atoms with E-state index in [9.17, 15) is 8.76 Å². The highest BCUT2D eigenvalue weighted by atomic mass is 127. The Bertz CT molecular complexity index is 174. The van der Waals surface area contributed by atoms with Crippen LogP contribution in [0.4, 0.5) is 0 Å². The average Bonchev–Trinajstić information content (AvgIpc) is 1.84. The average molecular weight is 257 g/mol. The van der Waals surface area contributed by atoms with Crippen molar-refractivity contribution in [3.63, 3.8) is 0 Å². The molecule has 0 aliphatic heterocycles. The Morgan fingerprint density at radius 1 is 1.89 bits per heavy atom. The Morgan fingerprint density at radius 2 is 2.33 bits per heavy atom. The Kier molecular flexibility index (Phi) is 4.33. The largest absolute Gasteiger partial charge is 0.768 e. The summed E-state index contributed by atoms with van der Waals surface area (Å²) in [5.74, 6) is 0. The minimum Gasteiger partial charge on any atom is -0.768 e. The van der Waals surface area contributed by atoms with Crippen LogP contribution in [0.3, 0.4) is 0 Å². The van der Waals surface area contributed by atoms with E-state index in [1.54, 1.807) is 29.5 Å². The van der Waals surface area contributed by atoms with Gasteiger partial charge in [-0.05, 0) is 46.2 Å². The van der Waals surface area contributed by atoms with Gasteiger partial charge < -0.3 is 4.55 Å². The molecule has 0 aromatic carbocycles. The van der Waals surface area contributed by atoms with Crippen LogP contribution < -0.4 is 0 Å². The summed E-state index contributed by atoms with van der Waals surface area (Å²) in [6.07, 6.45) is 1.51. The van der Waals surface area contributed by atoms with Crippen molar-refractivity contribution >= 4 is 33.7 Å². The highest BCUT2D eigenvalue weighted by molar-refractivity contribution is 14.1.